The number of H-pyrrole nitrogens is 1. The predicted molar refractivity (Wildman–Crippen MR) is 155 cm³/mol. The van der Waals surface area contributed by atoms with E-state index in [-0.39, 0.29) is 41.8 Å². The summed E-state index contributed by atoms with van der Waals surface area (Å²) in [6.45, 7) is 2.26. The summed E-state index contributed by atoms with van der Waals surface area (Å²) < 4.78 is 25.8. The lowest BCUT2D eigenvalue weighted by atomic mass is 9.99. The molecule has 3 heterocycles. The molecule has 2 amide bonds. The minimum absolute atomic E-state index is 0.0108. The van der Waals surface area contributed by atoms with Crippen LogP contribution in [0.4, 0.5) is 26.4 Å². The van der Waals surface area contributed by atoms with E-state index in [1.165, 1.54) is 17.9 Å². The van der Waals surface area contributed by atoms with Crippen LogP contribution in [-0.4, -0.2) is 57.3 Å². The number of carbonyl (C=O) groups is 2. The van der Waals surface area contributed by atoms with Crippen molar-refractivity contribution in [3.05, 3.63) is 65.5 Å². The summed E-state index contributed by atoms with van der Waals surface area (Å²) in [6, 6.07) is 9.52. The molecule has 2 aromatic heterocycles. The number of benzene rings is 2. The number of amides is 2. The fourth-order valence-corrected chi connectivity index (χ4v) is 4.74. The lowest BCUT2D eigenvalue weighted by Gasteiger charge is -2.20. The molecule has 2 aromatic carbocycles. The molecule has 0 saturated heterocycles. The average Bonchev–Trinajstić information content (AvgIpc) is 3.64. The van der Waals surface area contributed by atoms with Crippen molar-refractivity contribution in [1.29, 1.82) is 0 Å². The van der Waals surface area contributed by atoms with E-state index in [1.807, 2.05) is 6.92 Å². The molecule has 2 bridgehead atoms. The number of fused-ring (bicyclic) bond motifs is 4. The minimum atomic E-state index is -0.632. The number of halogens is 2. The van der Waals surface area contributed by atoms with Gasteiger partial charge in [-0.3, -0.25) is 10.1 Å². The fraction of sp³-hybridized carbons (Fsp3) is 0.321. The summed E-state index contributed by atoms with van der Waals surface area (Å²) in [7, 11) is 1.52. The van der Waals surface area contributed by atoms with Gasteiger partial charge in [0, 0.05) is 24.3 Å². The molecule has 14 heteroatoms. The Morgan fingerprint density at radius 1 is 1.24 bits per heavy atom. The fourth-order valence-electron chi connectivity index (χ4n) is 4.57. The molecule has 1 aliphatic heterocycles. The predicted octanol–water partition coefficient (Wildman–Crippen LogP) is 5.56. The maximum absolute atomic E-state index is 14.5. The first-order valence-corrected chi connectivity index (χ1v) is 13.8. The van der Waals surface area contributed by atoms with Crippen LogP contribution in [0.25, 0.3) is 16.9 Å². The summed E-state index contributed by atoms with van der Waals surface area (Å²) in [6.07, 6.45) is 4.60. The number of methoxy groups -OCH3 is 1. The summed E-state index contributed by atoms with van der Waals surface area (Å²) >= 11 is 5.93. The van der Waals surface area contributed by atoms with Crippen LogP contribution >= 0.6 is 11.6 Å². The van der Waals surface area contributed by atoms with Gasteiger partial charge in [-0.25, -0.2) is 18.9 Å². The van der Waals surface area contributed by atoms with Crippen LogP contribution in [0.3, 0.4) is 0 Å². The zero-order chi connectivity index (χ0) is 29.6. The summed E-state index contributed by atoms with van der Waals surface area (Å²) in [5.41, 5.74) is 2.49. The number of hydrogen-bond donors (Lipinski definition) is 4. The maximum Gasteiger partial charge on any atom is 0.411 e. The van der Waals surface area contributed by atoms with Gasteiger partial charge in [-0.05, 0) is 43.2 Å². The van der Waals surface area contributed by atoms with E-state index >= 15 is 0 Å². The summed E-state index contributed by atoms with van der Waals surface area (Å²) in [5.74, 6) is 0.0605. The van der Waals surface area contributed by atoms with E-state index in [0.29, 0.717) is 53.5 Å². The Kier molecular flexibility index (Phi) is 8.98. The van der Waals surface area contributed by atoms with Gasteiger partial charge >= 0.3 is 6.09 Å². The Labute approximate surface area is 246 Å². The number of hydrogen-bond acceptors (Lipinski definition) is 8. The van der Waals surface area contributed by atoms with Gasteiger partial charge in [0.05, 0.1) is 41.4 Å². The highest BCUT2D eigenvalue weighted by Crippen LogP contribution is 2.33. The SMILES string of the molecule is COCCOC(=O)Nc1ccc2c(c1)NC(=O)[C@H](C)CCC[C@H](Nc1cn(-c3cccc(Cl)c3F)nn1)c1ncc-2[nH]1. The number of anilines is 3. The van der Waals surface area contributed by atoms with Gasteiger partial charge < -0.3 is 25.1 Å². The van der Waals surface area contributed by atoms with E-state index in [9.17, 15) is 14.0 Å². The van der Waals surface area contributed by atoms with Crippen molar-refractivity contribution in [2.45, 2.75) is 32.2 Å². The highest BCUT2D eigenvalue weighted by atomic mass is 35.5. The topological polar surface area (TPSA) is 148 Å². The van der Waals surface area contributed by atoms with Crippen molar-refractivity contribution < 1.29 is 23.5 Å². The zero-order valence-electron chi connectivity index (χ0n) is 23.0. The van der Waals surface area contributed by atoms with E-state index < -0.39 is 11.9 Å². The highest BCUT2D eigenvalue weighted by Gasteiger charge is 2.23. The Morgan fingerprint density at radius 3 is 2.93 bits per heavy atom. The maximum atomic E-state index is 14.5. The zero-order valence-corrected chi connectivity index (χ0v) is 23.7. The molecule has 12 nitrogen and oxygen atoms in total. The van der Waals surface area contributed by atoms with Crippen LogP contribution in [0, 0.1) is 11.7 Å². The van der Waals surface area contributed by atoms with Gasteiger partial charge in [-0.2, -0.15) is 0 Å². The molecule has 0 spiro atoms. The molecule has 220 valence electrons. The van der Waals surface area contributed by atoms with Crippen molar-refractivity contribution in [3.8, 4) is 16.9 Å². The molecular formula is C28H30ClFN8O4. The van der Waals surface area contributed by atoms with Gasteiger partial charge in [0.25, 0.3) is 0 Å². The van der Waals surface area contributed by atoms with E-state index in [4.69, 9.17) is 21.1 Å². The number of imidazole rings is 1. The van der Waals surface area contributed by atoms with Crippen molar-refractivity contribution >= 4 is 40.8 Å². The van der Waals surface area contributed by atoms with Crippen molar-refractivity contribution in [1.82, 2.24) is 25.0 Å². The Morgan fingerprint density at radius 2 is 2.10 bits per heavy atom. The number of ether oxygens (including phenoxy) is 2. The molecule has 5 rings (SSSR count). The number of carbonyl (C=O) groups excluding carboxylic acids is 2. The molecule has 42 heavy (non-hydrogen) atoms. The smallest absolute Gasteiger partial charge is 0.411 e. The van der Waals surface area contributed by atoms with Crippen molar-refractivity contribution in [3.63, 3.8) is 0 Å². The molecule has 0 radical (unpaired) electrons. The Hall–Kier alpha value is -4.49. The molecule has 4 aromatic rings. The number of nitrogens with zero attached hydrogens (tertiary/aromatic N) is 4. The minimum Gasteiger partial charge on any atom is -0.447 e. The van der Waals surface area contributed by atoms with Gasteiger partial charge in [0.2, 0.25) is 5.91 Å². The first-order valence-electron chi connectivity index (χ1n) is 13.4. The third-order valence-corrected chi connectivity index (χ3v) is 7.12. The second kappa shape index (κ2) is 13.0. The molecule has 0 fully saturated rings. The Balaban J connectivity index is 1.40. The lowest BCUT2D eigenvalue weighted by molar-refractivity contribution is -0.119. The van der Waals surface area contributed by atoms with E-state index in [0.717, 1.165) is 0 Å². The van der Waals surface area contributed by atoms with Crippen molar-refractivity contribution in [2.75, 3.05) is 36.3 Å². The molecule has 0 unspecified atom stereocenters. The molecule has 4 N–H and O–H groups in total. The number of nitrogens with one attached hydrogen (secondary N) is 4. The van der Waals surface area contributed by atoms with Crippen LogP contribution in [-0.2, 0) is 14.3 Å². The Bertz CT molecular complexity index is 1570. The quantitative estimate of drug-likeness (QED) is 0.203. The summed E-state index contributed by atoms with van der Waals surface area (Å²) in [5, 5.41) is 17.2. The van der Waals surface area contributed by atoms with Gasteiger partial charge in [-0.1, -0.05) is 36.2 Å². The molecule has 0 aliphatic carbocycles. The van der Waals surface area contributed by atoms with Crippen LogP contribution in [0.2, 0.25) is 5.02 Å². The third kappa shape index (κ3) is 6.69. The van der Waals surface area contributed by atoms with E-state index in [2.05, 4.69) is 36.2 Å². The third-order valence-electron chi connectivity index (χ3n) is 6.83. The second-order valence-corrected chi connectivity index (χ2v) is 10.2. The number of rotatable bonds is 7. The lowest BCUT2D eigenvalue weighted by Crippen LogP contribution is -2.22. The standard InChI is InChI=1S/C28H30ClFN8O4/c1-16-5-3-7-20(33-24-15-38(37-36-24)23-8-4-6-19(29)25(23)30)26-31-14-22(34-26)18-10-9-17(13-21(18)35-27(16)39)32-28(40)42-12-11-41-2/h4,6,8-10,13-16,20,33H,3,5,7,11-12H2,1-2H3,(H,31,34)(H,32,40)(H,35,39)/t16-,20+/m1/s1. The number of aromatic nitrogens is 5. The van der Waals surface area contributed by atoms with Crippen LogP contribution in [0.15, 0.2) is 48.8 Å². The monoisotopic (exact) mass is 596 g/mol. The van der Waals surface area contributed by atoms with Crippen molar-refractivity contribution in [2.24, 2.45) is 5.92 Å². The van der Waals surface area contributed by atoms with Crippen LogP contribution in [0.5, 0.6) is 0 Å². The highest BCUT2D eigenvalue weighted by molar-refractivity contribution is 6.30. The normalized spacial score (nSPS) is 16.9. The molecular weight excluding hydrogens is 567 g/mol. The van der Waals surface area contributed by atoms with Crippen LogP contribution < -0.4 is 16.0 Å². The van der Waals surface area contributed by atoms with E-state index in [1.54, 1.807) is 42.7 Å². The summed E-state index contributed by atoms with van der Waals surface area (Å²) in [4.78, 5) is 33.2. The first kappa shape index (κ1) is 29.0. The molecule has 2 atom stereocenters. The molecule has 1 aliphatic rings. The second-order valence-electron chi connectivity index (χ2n) is 9.84. The first-order chi connectivity index (χ1) is 20.3. The largest absolute Gasteiger partial charge is 0.447 e. The van der Waals surface area contributed by atoms with Gasteiger partial charge in [0.15, 0.2) is 11.6 Å². The van der Waals surface area contributed by atoms with Crippen LogP contribution in [0.1, 0.15) is 38.1 Å². The van der Waals surface area contributed by atoms with Gasteiger partial charge in [-0.15, -0.1) is 5.10 Å². The number of aromatic amines is 1. The average molecular weight is 597 g/mol. The van der Waals surface area contributed by atoms with Gasteiger partial charge in [0.1, 0.15) is 18.1 Å². The molecule has 0 saturated carbocycles.